The van der Waals surface area contributed by atoms with Crippen LogP contribution in [0.15, 0.2) is 47.4 Å². The highest BCUT2D eigenvalue weighted by Gasteiger charge is 2.26. The maximum absolute atomic E-state index is 12.6. The van der Waals surface area contributed by atoms with Gasteiger partial charge in [-0.15, -0.1) is 0 Å². The molecule has 6 nitrogen and oxygen atoms in total. The summed E-state index contributed by atoms with van der Waals surface area (Å²) in [5.74, 6) is -4.01. The Morgan fingerprint density at radius 3 is 2.28 bits per heavy atom. The Bertz CT molecular complexity index is 992. The molecule has 10 heteroatoms. The van der Waals surface area contributed by atoms with E-state index in [2.05, 4.69) is 15.1 Å². The fourth-order valence-electron chi connectivity index (χ4n) is 3.02. The van der Waals surface area contributed by atoms with E-state index in [-0.39, 0.29) is 5.56 Å². The maximum atomic E-state index is 12.6. The molecule has 1 aliphatic heterocycles. The predicted molar refractivity (Wildman–Crippen MR) is 109 cm³/mol. The molecule has 156 valence electrons. The first-order valence-corrected chi connectivity index (χ1v) is 10.8. The van der Waals surface area contributed by atoms with Crippen LogP contribution in [0.5, 0.6) is 0 Å². The van der Waals surface area contributed by atoms with Gasteiger partial charge >= 0.3 is 5.76 Å². The molecule has 0 aromatic heterocycles. The lowest BCUT2D eigenvalue weighted by atomic mass is 10.1. The number of sulfone groups is 1. The van der Waals surface area contributed by atoms with E-state index in [0.717, 1.165) is 44.0 Å². The van der Waals surface area contributed by atoms with Gasteiger partial charge in [0.25, 0.3) is 5.91 Å². The molecule has 3 rings (SSSR count). The van der Waals surface area contributed by atoms with Crippen LogP contribution in [-0.2, 0) is 9.84 Å². The van der Waals surface area contributed by atoms with Crippen molar-refractivity contribution in [2.45, 2.75) is 10.7 Å². The van der Waals surface area contributed by atoms with Crippen LogP contribution in [0.2, 0.25) is 5.02 Å². The number of carbonyl (C=O) groups excluding carboxylic acids is 1. The Morgan fingerprint density at radius 2 is 1.69 bits per heavy atom. The molecule has 0 aliphatic carbocycles. The van der Waals surface area contributed by atoms with Crippen molar-refractivity contribution in [1.29, 1.82) is 0 Å². The van der Waals surface area contributed by atoms with Crippen LogP contribution in [0.25, 0.3) is 0 Å². The van der Waals surface area contributed by atoms with E-state index >= 15 is 0 Å². The SMILES string of the molecule is CN1CCN(c2ccc(Cl)cc2NC(=O)c2ccc(S(=O)(=O)C(F)F)cc2)CC1. The first-order chi connectivity index (χ1) is 13.7. The molecule has 0 atom stereocenters. The highest BCUT2D eigenvalue weighted by molar-refractivity contribution is 7.91. The van der Waals surface area contributed by atoms with Crippen LogP contribution in [0.4, 0.5) is 20.2 Å². The molecule has 0 unspecified atom stereocenters. The van der Waals surface area contributed by atoms with Crippen LogP contribution >= 0.6 is 11.6 Å². The molecule has 1 N–H and O–H groups in total. The molecular weight excluding hydrogens is 424 g/mol. The highest BCUT2D eigenvalue weighted by Crippen LogP contribution is 2.30. The lowest BCUT2D eigenvalue weighted by Crippen LogP contribution is -2.44. The molecule has 0 spiro atoms. The molecule has 1 aliphatic rings. The van der Waals surface area contributed by atoms with Crippen molar-refractivity contribution < 1.29 is 22.0 Å². The van der Waals surface area contributed by atoms with E-state index in [4.69, 9.17) is 11.6 Å². The molecule has 0 radical (unpaired) electrons. The van der Waals surface area contributed by atoms with Crippen LogP contribution in [0.3, 0.4) is 0 Å². The summed E-state index contributed by atoms with van der Waals surface area (Å²) in [6, 6.07) is 9.61. The topological polar surface area (TPSA) is 69.7 Å². The standard InChI is InChI=1S/C19H20ClF2N3O3S/c1-24-8-10-25(11-9-24)17-7-4-14(20)12-16(17)23-18(26)13-2-5-15(6-3-13)29(27,28)19(21)22/h2-7,12,19H,8-11H2,1H3,(H,23,26). The molecular formula is C19H20ClF2N3O3S. The Labute approximate surface area is 173 Å². The van der Waals surface area contributed by atoms with Crippen molar-refractivity contribution in [3.8, 4) is 0 Å². The molecule has 1 heterocycles. The number of hydrogen-bond acceptors (Lipinski definition) is 5. The molecule has 2 aromatic rings. The van der Waals surface area contributed by atoms with Gasteiger partial charge in [0, 0.05) is 36.8 Å². The van der Waals surface area contributed by atoms with Crippen LogP contribution < -0.4 is 10.2 Å². The van der Waals surface area contributed by atoms with Crippen LogP contribution in [0.1, 0.15) is 10.4 Å². The minimum absolute atomic E-state index is 0.141. The zero-order chi connectivity index (χ0) is 21.2. The summed E-state index contributed by atoms with van der Waals surface area (Å²) in [4.78, 5) is 16.4. The zero-order valence-electron chi connectivity index (χ0n) is 15.6. The van der Waals surface area contributed by atoms with E-state index in [9.17, 15) is 22.0 Å². The van der Waals surface area contributed by atoms with E-state index in [0.29, 0.717) is 10.7 Å². The number of likely N-dealkylation sites (N-methyl/N-ethyl adjacent to an activating group) is 1. The number of halogens is 3. The summed E-state index contributed by atoms with van der Waals surface area (Å²) in [5, 5.41) is 3.24. The van der Waals surface area contributed by atoms with Crippen molar-refractivity contribution in [1.82, 2.24) is 4.90 Å². The number of carbonyl (C=O) groups is 1. The number of nitrogens with zero attached hydrogens (tertiary/aromatic N) is 2. The predicted octanol–water partition coefficient (Wildman–Crippen LogP) is 3.34. The van der Waals surface area contributed by atoms with Crippen molar-refractivity contribution >= 4 is 38.7 Å². The summed E-state index contributed by atoms with van der Waals surface area (Å²) in [5.41, 5.74) is 1.49. The van der Waals surface area contributed by atoms with Crippen molar-refractivity contribution in [3.05, 3.63) is 53.1 Å². The number of rotatable bonds is 5. The van der Waals surface area contributed by atoms with Gasteiger partial charge in [-0.3, -0.25) is 4.79 Å². The molecule has 1 amide bonds. The second-order valence-corrected chi connectivity index (χ2v) is 9.09. The first kappa shape index (κ1) is 21.5. The number of piperazine rings is 1. The second-order valence-electron chi connectivity index (χ2n) is 6.74. The summed E-state index contributed by atoms with van der Waals surface area (Å²) in [7, 11) is -2.66. The molecule has 29 heavy (non-hydrogen) atoms. The minimum Gasteiger partial charge on any atom is -0.367 e. The van der Waals surface area contributed by atoms with Gasteiger partial charge in [0.05, 0.1) is 16.3 Å². The fourth-order valence-corrected chi connectivity index (χ4v) is 3.92. The minimum atomic E-state index is -4.70. The van der Waals surface area contributed by atoms with Gasteiger partial charge in [-0.25, -0.2) is 8.42 Å². The molecule has 0 saturated carbocycles. The number of benzene rings is 2. The Hall–Kier alpha value is -2.23. The number of anilines is 2. The lowest BCUT2D eigenvalue weighted by Gasteiger charge is -2.35. The average molecular weight is 444 g/mol. The molecule has 1 saturated heterocycles. The Morgan fingerprint density at radius 1 is 1.07 bits per heavy atom. The third-order valence-corrected chi connectivity index (χ3v) is 6.36. The molecule has 2 aromatic carbocycles. The van der Waals surface area contributed by atoms with Gasteiger partial charge in [0.15, 0.2) is 0 Å². The quantitative estimate of drug-likeness (QED) is 0.767. The summed E-state index contributed by atoms with van der Waals surface area (Å²) in [6.45, 7) is 3.36. The van der Waals surface area contributed by atoms with Crippen molar-refractivity contribution in [2.24, 2.45) is 0 Å². The number of nitrogens with one attached hydrogen (secondary N) is 1. The van der Waals surface area contributed by atoms with Gasteiger partial charge in [0.2, 0.25) is 9.84 Å². The molecule has 0 bridgehead atoms. The first-order valence-electron chi connectivity index (χ1n) is 8.85. The van der Waals surface area contributed by atoms with Crippen molar-refractivity contribution in [3.63, 3.8) is 0 Å². The second kappa shape index (κ2) is 8.64. The largest absolute Gasteiger partial charge is 0.367 e. The van der Waals surface area contributed by atoms with Gasteiger partial charge in [-0.05, 0) is 49.5 Å². The van der Waals surface area contributed by atoms with E-state index < -0.39 is 26.4 Å². The third kappa shape index (κ3) is 4.85. The van der Waals surface area contributed by atoms with Crippen LogP contribution in [-0.4, -0.2) is 58.2 Å². The zero-order valence-corrected chi connectivity index (χ0v) is 17.2. The lowest BCUT2D eigenvalue weighted by molar-refractivity contribution is 0.102. The van der Waals surface area contributed by atoms with Crippen LogP contribution in [0, 0.1) is 0 Å². The Kier molecular flexibility index (Phi) is 6.40. The average Bonchev–Trinajstić information content (AvgIpc) is 2.69. The van der Waals surface area contributed by atoms with E-state index in [1.165, 1.54) is 12.1 Å². The normalized spacial score (nSPS) is 15.6. The van der Waals surface area contributed by atoms with Gasteiger partial charge in [-0.2, -0.15) is 8.78 Å². The number of amides is 1. The summed E-state index contributed by atoms with van der Waals surface area (Å²) in [6.07, 6.45) is 0. The summed E-state index contributed by atoms with van der Waals surface area (Å²) < 4.78 is 48.3. The van der Waals surface area contributed by atoms with Gasteiger partial charge in [-0.1, -0.05) is 11.6 Å². The molecule has 1 fully saturated rings. The Balaban J connectivity index is 1.81. The number of hydrogen-bond donors (Lipinski definition) is 1. The highest BCUT2D eigenvalue weighted by atomic mass is 35.5. The van der Waals surface area contributed by atoms with Crippen molar-refractivity contribution in [2.75, 3.05) is 43.4 Å². The van der Waals surface area contributed by atoms with Gasteiger partial charge in [0.1, 0.15) is 0 Å². The smallest absolute Gasteiger partial charge is 0.341 e. The monoisotopic (exact) mass is 443 g/mol. The van der Waals surface area contributed by atoms with E-state index in [1.54, 1.807) is 12.1 Å². The third-order valence-electron chi connectivity index (χ3n) is 4.73. The fraction of sp³-hybridized carbons (Fsp3) is 0.316. The van der Waals surface area contributed by atoms with Gasteiger partial charge < -0.3 is 15.1 Å². The van der Waals surface area contributed by atoms with E-state index in [1.807, 2.05) is 13.1 Å². The summed E-state index contributed by atoms with van der Waals surface area (Å²) >= 11 is 6.09. The number of alkyl halides is 2. The maximum Gasteiger partial charge on any atom is 0.341 e.